The van der Waals surface area contributed by atoms with E-state index >= 15 is 0 Å². The van der Waals surface area contributed by atoms with Gasteiger partial charge in [-0.25, -0.2) is 4.39 Å². The molecule has 1 N–H and O–H groups in total. The summed E-state index contributed by atoms with van der Waals surface area (Å²) in [6.07, 6.45) is -2.04. The van der Waals surface area contributed by atoms with E-state index in [9.17, 15) is 27.2 Å². The van der Waals surface area contributed by atoms with Crippen molar-refractivity contribution in [1.29, 1.82) is 0 Å². The molecule has 0 unspecified atom stereocenters. The molecule has 7 nitrogen and oxygen atoms in total. The number of halogens is 4. The molecular formula is C21H17F4N5O2. The van der Waals surface area contributed by atoms with E-state index in [0.717, 1.165) is 11.0 Å². The molecule has 0 spiro atoms. The van der Waals surface area contributed by atoms with E-state index < -0.39 is 29.4 Å². The van der Waals surface area contributed by atoms with E-state index in [2.05, 4.69) is 15.4 Å². The number of aromatic nitrogens is 3. The standard InChI is InChI=1S/C21H17F4N5O2/c1-11-7-13(5-6-26-11)19(31)28-17-9-27-30-12(2)10-29(20(32)18(17)30)14-3-4-15(16(22)8-14)21(23,24)25/h3-9,12H,10H2,1-2H3,(H,28,31)/t12-/m0/s1. The van der Waals surface area contributed by atoms with Crippen LogP contribution in [0.3, 0.4) is 0 Å². The Morgan fingerprint density at radius 1 is 1.22 bits per heavy atom. The molecule has 1 aliphatic rings. The number of alkyl halides is 3. The first-order valence-electron chi connectivity index (χ1n) is 9.56. The Hall–Kier alpha value is -3.76. The highest BCUT2D eigenvalue weighted by atomic mass is 19.4. The molecule has 3 heterocycles. The van der Waals surface area contributed by atoms with Crippen LogP contribution in [0.25, 0.3) is 0 Å². The molecule has 11 heteroatoms. The average Bonchev–Trinajstić information content (AvgIpc) is 3.14. The first-order chi connectivity index (χ1) is 15.1. The summed E-state index contributed by atoms with van der Waals surface area (Å²) < 4.78 is 54.2. The van der Waals surface area contributed by atoms with Gasteiger partial charge in [0.25, 0.3) is 11.8 Å². The Morgan fingerprint density at radius 3 is 2.62 bits per heavy atom. The van der Waals surface area contributed by atoms with Crippen LogP contribution in [0.2, 0.25) is 0 Å². The number of amides is 2. The fourth-order valence-corrected chi connectivity index (χ4v) is 3.56. The summed E-state index contributed by atoms with van der Waals surface area (Å²) in [7, 11) is 0. The number of nitrogens with one attached hydrogen (secondary N) is 1. The van der Waals surface area contributed by atoms with Crippen molar-refractivity contribution in [3.8, 4) is 0 Å². The number of pyridine rings is 1. The predicted octanol–water partition coefficient (Wildman–Crippen LogP) is 4.22. The largest absolute Gasteiger partial charge is 0.419 e. The van der Waals surface area contributed by atoms with E-state index in [-0.39, 0.29) is 29.7 Å². The van der Waals surface area contributed by atoms with Gasteiger partial charge in [0, 0.05) is 29.7 Å². The minimum absolute atomic E-state index is 0.0261. The average molecular weight is 447 g/mol. The molecule has 32 heavy (non-hydrogen) atoms. The van der Waals surface area contributed by atoms with Crippen molar-refractivity contribution >= 4 is 23.2 Å². The molecule has 1 atom stereocenters. The van der Waals surface area contributed by atoms with Gasteiger partial charge >= 0.3 is 6.18 Å². The minimum Gasteiger partial charge on any atom is -0.319 e. The Balaban J connectivity index is 1.66. The first-order valence-corrected chi connectivity index (χ1v) is 9.56. The van der Waals surface area contributed by atoms with Gasteiger partial charge in [-0.3, -0.25) is 19.3 Å². The number of hydrogen-bond donors (Lipinski definition) is 1. The van der Waals surface area contributed by atoms with Crippen molar-refractivity contribution < 1.29 is 27.2 Å². The Kier molecular flexibility index (Phi) is 5.19. The molecular weight excluding hydrogens is 430 g/mol. The maximum Gasteiger partial charge on any atom is 0.419 e. The summed E-state index contributed by atoms with van der Waals surface area (Å²) in [6.45, 7) is 3.54. The predicted molar refractivity (Wildman–Crippen MR) is 107 cm³/mol. The maximum absolute atomic E-state index is 14.1. The third-order valence-corrected chi connectivity index (χ3v) is 5.08. The smallest absolute Gasteiger partial charge is 0.319 e. The maximum atomic E-state index is 14.1. The third kappa shape index (κ3) is 3.81. The van der Waals surface area contributed by atoms with Gasteiger partial charge in [-0.05, 0) is 44.2 Å². The van der Waals surface area contributed by atoms with Gasteiger partial charge in [0.15, 0.2) is 5.69 Å². The number of nitrogens with zero attached hydrogens (tertiary/aromatic N) is 4. The van der Waals surface area contributed by atoms with E-state index in [1.807, 2.05) is 0 Å². The zero-order valence-electron chi connectivity index (χ0n) is 16.9. The van der Waals surface area contributed by atoms with E-state index in [1.54, 1.807) is 19.9 Å². The van der Waals surface area contributed by atoms with Crippen molar-refractivity contribution in [1.82, 2.24) is 14.8 Å². The quantitative estimate of drug-likeness (QED) is 0.610. The summed E-state index contributed by atoms with van der Waals surface area (Å²) in [6, 6.07) is 5.04. The van der Waals surface area contributed by atoms with Crippen LogP contribution < -0.4 is 10.2 Å². The number of aryl methyl sites for hydroxylation is 1. The van der Waals surface area contributed by atoms with E-state index in [4.69, 9.17) is 0 Å². The highest BCUT2D eigenvalue weighted by Crippen LogP contribution is 2.35. The van der Waals surface area contributed by atoms with Crippen LogP contribution in [0.15, 0.2) is 42.7 Å². The molecule has 2 amide bonds. The summed E-state index contributed by atoms with van der Waals surface area (Å²) in [5, 5.41) is 6.80. The zero-order chi connectivity index (χ0) is 23.2. The van der Waals surface area contributed by atoms with Gasteiger partial charge in [-0.2, -0.15) is 18.3 Å². The molecule has 4 rings (SSSR count). The molecule has 0 aliphatic carbocycles. The number of anilines is 2. The lowest BCUT2D eigenvalue weighted by molar-refractivity contribution is -0.139. The number of carbonyl (C=O) groups is 2. The van der Waals surface area contributed by atoms with Crippen LogP contribution >= 0.6 is 0 Å². The van der Waals surface area contributed by atoms with Crippen molar-refractivity contribution in [3.63, 3.8) is 0 Å². The Bertz CT molecular complexity index is 1220. The first kappa shape index (κ1) is 21.5. The molecule has 0 fully saturated rings. The summed E-state index contributed by atoms with van der Waals surface area (Å²) in [4.78, 5) is 31.0. The van der Waals surface area contributed by atoms with Gasteiger partial charge in [-0.15, -0.1) is 0 Å². The molecule has 0 radical (unpaired) electrons. The zero-order valence-corrected chi connectivity index (χ0v) is 16.9. The number of benzene rings is 1. The van der Waals surface area contributed by atoms with Gasteiger partial charge in [0.1, 0.15) is 5.82 Å². The highest BCUT2D eigenvalue weighted by Gasteiger charge is 2.37. The second-order valence-electron chi connectivity index (χ2n) is 7.42. The van der Waals surface area contributed by atoms with Crippen LogP contribution in [-0.2, 0) is 6.18 Å². The molecule has 1 aromatic carbocycles. The summed E-state index contributed by atoms with van der Waals surface area (Å²) >= 11 is 0. The topological polar surface area (TPSA) is 80.1 Å². The van der Waals surface area contributed by atoms with Gasteiger partial charge < -0.3 is 10.2 Å². The lowest BCUT2D eigenvalue weighted by Crippen LogP contribution is -2.43. The second kappa shape index (κ2) is 7.74. The minimum atomic E-state index is -4.84. The highest BCUT2D eigenvalue weighted by molar-refractivity contribution is 6.13. The normalized spacial score (nSPS) is 16.1. The van der Waals surface area contributed by atoms with Crippen molar-refractivity contribution in [2.24, 2.45) is 0 Å². The van der Waals surface area contributed by atoms with Gasteiger partial charge in [0.05, 0.1) is 23.5 Å². The lowest BCUT2D eigenvalue weighted by Gasteiger charge is -2.32. The fourth-order valence-electron chi connectivity index (χ4n) is 3.56. The molecule has 0 saturated heterocycles. The van der Waals surface area contributed by atoms with Crippen LogP contribution in [0.4, 0.5) is 28.9 Å². The lowest BCUT2D eigenvalue weighted by atomic mass is 10.1. The van der Waals surface area contributed by atoms with E-state index in [1.165, 1.54) is 23.1 Å². The van der Waals surface area contributed by atoms with Gasteiger partial charge in [-0.1, -0.05) is 0 Å². The molecule has 3 aromatic rings. The number of rotatable bonds is 3. The number of hydrogen-bond acceptors (Lipinski definition) is 4. The number of fused-ring (bicyclic) bond motifs is 1. The van der Waals surface area contributed by atoms with Gasteiger partial charge in [0.2, 0.25) is 0 Å². The van der Waals surface area contributed by atoms with Crippen LogP contribution in [0.5, 0.6) is 0 Å². The third-order valence-electron chi connectivity index (χ3n) is 5.08. The van der Waals surface area contributed by atoms with Crippen molar-refractivity contribution in [3.05, 3.63) is 71.1 Å². The summed E-state index contributed by atoms with van der Waals surface area (Å²) in [5.74, 6) is -2.58. The Labute approximate surface area is 179 Å². The molecule has 2 aromatic heterocycles. The summed E-state index contributed by atoms with van der Waals surface area (Å²) in [5.41, 5.74) is -0.293. The molecule has 0 saturated carbocycles. The molecule has 166 valence electrons. The van der Waals surface area contributed by atoms with Crippen LogP contribution in [0, 0.1) is 12.7 Å². The number of carbonyl (C=O) groups excluding carboxylic acids is 2. The van der Waals surface area contributed by atoms with Crippen LogP contribution in [-0.4, -0.2) is 33.1 Å². The van der Waals surface area contributed by atoms with Crippen LogP contribution in [0.1, 0.15) is 45.1 Å². The SMILES string of the molecule is Cc1cc(C(=O)Nc2cnn3c2C(=O)N(c2ccc(C(F)(F)F)c(F)c2)C[C@@H]3C)ccn1. The molecule has 0 bridgehead atoms. The van der Waals surface area contributed by atoms with Crippen molar-refractivity contribution in [2.45, 2.75) is 26.1 Å². The Morgan fingerprint density at radius 2 is 1.97 bits per heavy atom. The molecule has 1 aliphatic heterocycles. The van der Waals surface area contributed by atoms with E-state index in [0.29, 0.717) is 23.4 Å². The monoisotopic (exact) mass is 447 g/mol. The fraction of sp³-hybridized carbons (Fsp3) is 0.238. The van der Waals surface area contributed by atoms with Crippen molar-refractivity contribution in [2.75, 3.05) is 16.8 Å². The second-order valence-corrected chi connectivity index (χ2v) is 7.42.